The molecule has 1 saturated carbocycles. The van der Waals surface area contributed by atoms with Gasteiger partial charge in [0.2, 0.25) is 5.91 Å². The standard InChI is InChI=1S/C16H32N2O/c1-11(2)7-14(15(19)17-6)18-13-8-12(3)9-16(4,5)10-13/h11-14,18H,7-10H2,1-6H3,(H,17,19). The number of carbonyl (C=O) groups is 1. The van der Waals surface area contributed by atoms with Crippen molar-refractivity contribution in [2.24, 2.45) is 17.3 Å². The van der Waals surface area contributed by atoms with Crippen molar-refractivity contribution >= 4 is 5.91 Å². The molecule has 0 aromatic carbocycles. The maximum atomic E-state index is 12.0. The molecule has 0 aromatic rings. The van der Waals surface area contributed by atoms with Crippen LogP contribution in [0.4, 0.5) is 0 Å². The highest BCUT2D eigenvalue weighted by molar-refractivity contribution is 5.81. The summed E-state index contributed by atoms with van der Waals surface area (Å²) in [5.41, 5.74) is 0.389. The van der Waals surface area contributed by atoms with Crippen molar-refractivity contribution in [1.29, 1.82) is 0 Å². The Morgan fingerprint density at radius 2 is 1.95 bits per heavy atom. The molecule has 1 aliphatic carbocycles. The molecule has 0 aromatic heterocycles. The van der Waals surface area contributed by atoms with Crippen LogP contribution >= 0.6 is 0 Å². The summed E-state index contributed by atoms with van der Waals surface area (Å²) in [7, 11) is 1.73. The smallest absolute Gasteiger partial charge is 0.236 e. The van der Waals surface area contributed by atoms with Crippen molar-refractivity contribution in [2.75, 3.05) is 7.05 Å². The van der Waals surface area contributed by atoms with E-state index < -0.39 is 0 Å². The van der Waals surface area contributed by atoms with Crippen LogP contribution in [0.3, 0.4) is 0 Å². The first-order chi connectivity index (χ1) is 8.73. The van der Waals surface area contributed by atoms with Gasteiger partial charge >= 0.3 is 0 Å². The Balaban J connectivity index is 2.64. The average Bonchev–Trinajstić information content (AvgIpc) is 2.23. The lowest BCUT2D eigenvalue weighted by molar-refractivity contribution is -0.123. The Morgan fingerprint density at radius 1 is 1.32 bits per heavy atom. The monoisotopic (exact) mass is 268 g/mol. The Morgan fingerprint density at radius 3 is 2.42 bits per heavy atom. The van der Waals surface area contributed by atoms with Crippen molar-refractivity contribution in [2.45, 2.75) is 72.4 Å². The van der Waals surface area contributed by atoms with Gasteiger partial charge in [-0.1, -0.05) is 34.6 Å². The number of hydrogen-bond donors (Lipinski definition) is 2. The van der Waals surface area contributed by atoms with Gasteiger partial charge in [0, 0.05) is 13.1 Å². The van der Waals surface area contributed by atoms with Crippen LogP contribution in [0.1, 0.15) is 60.3 Å². The Hall–Kier alpha value is -0.570. The minimum absolute atomic E-state index is 0.0453. The Labute approximate surface area is 118 Å². The summed E-state index contributed by atoms with van der Waals surface area (Å²) in [6.45, 7) is 11.4. The topological polar surface area (TPSA) is 41.1 Å². The van der Waals surface area contributed by atoms with Gasteiger partial charge < -0.3 is 10.6 Å². The van der Waals surface area contributed by atoms with Crippen molar-refractivity contribution in [1.82, 2.24) is 10.6 Å². The van der Waals surface area contributed by atoms with E-state index in [0.29, 0.717) is 17.4 Å². The molecule has 3 atom stereocenters. The number of rotatable bonds is 5. The maximum Gasteiger partial charge on any atom is 0.236 e. The van der Waals surface area contributed by atoms with Gasteiger partial charge in [-0.15, -0.1) is 0 Å². The second-order valence-corrected chi connectivity index (χ2v) is 7.57. The van der Waals surface area contributed by atoms with Gasteiger partial charge in [0.25, 0.3) is 0 Å². The fraction of sp³-hybridized carbons (Fsp3) is 0.938. The van der Waals surface area contributed by atoms with Crippen LogP contribution in [0.5, 0.6) is 0 Å². The minimum atomic E-state index is -0.0453. The second kappa shape index (κ2) is 6.74. The lowest BCUT2D eigenvalue weighted by atomic mass is 9.70. The summed E-state index contributed by atoms with van der Waals surface area (Å²) in [6, 6.07) is 0.427. The Bertz CT molecular complexity index is 299. The fourth-order valence-corrected chi connectivity index (χ4v) is 3.65. The van der Waals surface area contributed by atoms with Crippen molar-refractivity contribution in [3.05, 3.63) is 0 Å². The van der Waals surface area contributed by atoms with E-state index in [2.05, 4.69) is 45.3 Å². The molecule has 0 spiro atoms. The summed E-state index contributed by atoms with van der Waals surface area (Å²) < 4.78 is 0. The van der Waals surface area contributed by atoms with Gasteiger partial charge in [-0.3, -0.25) is 4.79 Å². The number of hydrogen-bond acceptors (Lipinski definition) is 2. The molecule has 1 fully saturated rings. The average molecular weight is 268 g/mol. The summed E-state index contributed by atoms with van der Waals surface area (Å²) in [5.74, 6) is 1.40. The highest BCUT2D eigenvalue weighted by Gasteiger charge is 2.33. The zero-order valence-corrected chi connectivity index (χ0v) is 13.5. The number of nitrogens with one attached hydrogen (secondary N) is 2. The van der Waals surface area contributed by atoms with Gasteiger partial charge in [-0.25, -0.2) is 0 Å². The first-order valence-corrected chi connectivity index (χ1v) is 7.71. The number of carbonyl (C=O) groups excluding carboxylic acids is 1. The van der Waals surface area contributed by atoms with Crippen LogP contribution in [0.15, 0.2) is 0 Å². The molecule has 1 aliphatic rings. The van der Waals surface area contributed by atoms with Crippen molar-refractivity contribution in [3.63, 3.8) is 0 Å². The predicted octanol–water partition coefficient (Wildman–Crippen LogP) is 2.95. The second-order valence-electron chi connectivity index (χ2n) is 7.57. The molecule has 0 aliphatic heterocycles. The first kappa shape index (κ1) is 16.5. The molecule has 3 nitrogen and oxygen atoms in total. The fourth-order valence-electron chi connectivity index (χ4n) is 3.65. The van der Waals surface area contributed by atoms with Crippen LogP contribution in [0, 0.1) is 17.3 Å². The molecule has 3 unspecified atom stereocenters. The van der Waals surface area contributed by atoms with Crippen LogP contribution in [-0.4, -0.2) is 25.0 Å². The van der Waals surface area contributed by atoms with Crippen molar-refractivity contribution in [3.8, 4) is 0 Å². The molecular weight excluding hydrogens is 236 g/mol. The van der Waals surface area contributed by atoms with E-state index in [4.69, 9.17) is 0 Å². The van der Waals surface area contributed by atoms with E-state index in [1.165, 1.54) is 19.3 Å². The predicted molar refractivity (Wildman–Crippen MR) is 81.0 cm³/mol. The summed E-state index contributed by atoms with van der Waals surface area (Å²) in [4.78, 5) is 12.0. The number of likely N-dealkylation sites (N-methyl/N-ethyl adjacent to an activating group) is 1. The van der Waals surface area contributed by atoms with Gasteiger partial charge in [-0.05, 0) is 42.9 Å². The van der Waals surface area contributed by atoms with Crippen LogP contribution in [-0.2, 0) is 4.79 Å². The molecule has 0 radical (unpaired) electrons. The van der Waals surface area contributed by atoms with E-state index in [1.54, 1.807) is 7.05 Å². The molecule has 0 bridgehead atoms. The normalized spacial score (nSPS) is 28.2. The highest BCUT2D eigenvalue weighted by Crippen LogP contribution is 2.38. The minimum Gasteiger partial charge on any atom is -0.358 e. The molecule has 1 amide bonds. The third-order valence-electron chi connectivity index (χ3n) is 4.09. The van der Waals surface area contributed by atoms with Gasteiger partial charge in [0.15, 0.2) is 0 Å². The SMILES string of the molecule is CNC(=O)C(CC(C)C)NC1CC(C)CC(C)(C)C1. The Kier molecular flexibility index (Phi) is 5.84. The van der Waals surface area contributed by atoms with Crippen LogP contribution in [0.25, 0.3) is 0 Å². The zero-order chi connectivity index (χ0) is 14.6. The summed E-state index contributed by atoms with van der Waals surface area (Å²) in [6.07, 6.45) is 4.56. The highest BCUT2D eigenvalue weighted by atomic mass is 16.2. The lowest BCUT2D eigenvalue weighted by Crippen LogP contribution is -2.51. The third kappa shape index (κ3) is 5.52. The van der Waals surface area contributed by atoms with Crippen LogP contribution in [0.2, 0.25) is 0 Å². The van der Waals surface area contributed by atoms with Crippen molar-refractivity contribution < 1.29 is 4.79 Å². The van der Waals surface area contributed by atoms with E-state index in [-0.39, 0.29) is 11.9 Å². The molecule has 0 heterocycles. The van der Waals surface area contributed by atoms with Crippen LogP contribution < -0.4 is 10.6 Å². The summed E-state index contributed by atoms with van der Waals surface area (Å²) in [5, 5.41) is 6.40. The molecule has 19 heavy (non-hydrogen) atoms. The zero-order valence-electron chi connectivity index (χ0n) is 13.5. The molecule has 0 saturated heterocycles. The van der Waals surface area contributed by atoms with E-state index in [9.17, 15) is 4.79 Å². The molecular formula is C16H32N2O. The quantitative estimate of drug-likeness (QED) is 0.805. The van der Waals surface area contributed by atoms with E-state index >= 15 is 0 Å². The maximum absolute atomic E-state index is 12.0. The molecule has 1 rings (SSSR count). The molecule has 3 heteroatoms. The summed E-state index contributed by atoms with van der Waals surface area (Å²) >= 11 is 0. The first-order valence-electron chi connectivity index (χ1n) is 7.71. The van der Waals surface area contributed by atoms with E-state index in [0.717, 1.165) is 12.3 Å². The lowest BCUT2D eigenvalue weighted by Gasteiger charge is -2.40. The van der Waals surface area contributed by atoms with Gasteiger partial charge in [-0.2, -0.15) is 0 Å². The largest absolute Gasteiger partial charge is 0.358 e. The van der Waals surface area contributed by atoms with Gasteiger partial charge in [0.05, 0.1) is 6.04 Å². The van der Waals surface area contributed by atoms with E-state index in [1.807, 2.05) is 0 Å². The third-order valence-corrected chi connectivity index (χ3v) is 4.09. The molecule has 112 valence electrons. The van der Waals surface area contributed by atoms with Gasteiger partial charge in [0.1, 0.15) is 0 Å². The number of amides is 1. The molecule has 2 N–H and O–H groups in total.